The molecule has 0 aliphatic carbocycles. The molecule has 7 heteroatoms. The number of esters is 1. The van der Waals surface area contributed by atoms with E-state index in [1.807, 2.05) is 26.0 Å². The quantitative estimate of drug-likeness (QED) is 0.589. The van der Waals surface area contributed by atoms with E-state index in [1.165, 1.54) is 11.8 Å². The summed E-state index contributed by atoms with van der Waals surface area (Å²) in [5.74, 6) is -1.06. The summed E-state index contributed by atoms with van der Waals surface area (Å²) < 4.78 is 5.02. The van der Waals surface area contributed by atoms with E-state index in [0.717, 1.165) is 4.90 Å². The Morgan fingerprint density at radius 1 is 1.33 bits per heavy atom. The van der Waals surface area contributed by atoms with Crippen molar-refractivity contribution in [2.75, 3.05) is 6.61 Å². The number of amides is 1. The second-order valence-corrected chi connectivity index (χ2v) is 7.69. The molecule has 2 atom stereocenters. The molecule has 0 fully saturated rings. The SMILES string of the molecule is CC(C)[C@@](C)(C#N)NC(=O)COC(=O)[C@H](C)Sc1ccc(Cl)cc1. The van der Waals surface area contributed by atoms with Gasteiger partial charge in [0, 0.05) is 9.92 Å². The summed E-state index contributed by atoms with van der Waals surface area (Å²) in [7, 11) is 0. The van der Waals surface area contributed by atoms with Gasteiger partial charge in [-0.15, -0.1) is 11.8 Å². The average Bonchev–Trinajstić information content (AvgIpc) is 2.54. The van der Waals surface area contributed by atoms with Crippen molar-refractivity contribution in [1.82, 2.24) is 5.32 Å². The largest absolute Gasteiger partial charge is 0.455 e. The van der Waals surface area contributed by atoms with E-state index < -0.39 is 29.3 Å². The van der Waals surface area contributed by atoms with Crippen LogP contribution in [-0.2, 0) is 14.3 Å². The van der Waals surface area contributed by atoms with Crippen molar-refractivity contribution in [3.05, 3.63) is 29.3 Å². The van der Waals surface area contributed by atoms with E-state index >= 15 is 0 Å². The first kappa shape index (κ1) is 20.3. The van der Waals surface area contributed by atoms with E-state index in [0.29, 0.717) is 5.02 Å². The summed E-state index contributed by atoms with van der Waals surface area (Å²) in [6.45, 7) is 6.60. The third-order valence-electron chi connectivity index (χ3n) is 3.59. The number of nitrogens with one attached hydrogen (secondary N) is 1. The van der Waals surface area contributed by atoms with Crippen molar-refractivity contribution in [3.8, 4) is 6.07 Å². The van der Waals surface area contributed by atoms with Crippen molar-refractivity contribution >= 4 is 35.2 Å². The van der Waals surface area contributed by atoms with Crippen LogP contribution in [-0.4, -0.2) is 29.3 Å². The Kier molecular flexibility index (Phi) is 7.59. The predicted octanol–water partition coefficient (Wildman–Crippen LogP) is 3.42. The fourth-order valence-electron chi connectivity index (χ4n) is 1.65. The number of hydrogen-bond donors (Lipinski definition) is 1. The summed E-state index contributed by atoms with van der Waals surface area (Å²) >= 11 is 7.13. The van der Waals surface area contributed by atoms with Gasteiger partial charge in [0.1, 0.15) is 10.8 Å². The fraction of sp³-hybridized carbons (Fsp3) is 0.471. The average molecular weight is 369 g/mol. The Morgan fingerprint density at radius 3 is 2.42 bits per heavy atom. The molecule has 0 aliphatic heterocycles. The number of ether oxygens (including phenoxy) is 1. The normalized spacial score (nSPS) is 14.4. The monoisotopic (exact) mass is 368 g/mol. The minimum Gasteiger partial charge on any atom is -0.455 e. The fourth-order valence-corrected chi connectivity index (χ4v) is 2.64. The van der Waals surface area contributed by atoms with Crippen LogP contribution < -0.4 is 5.32 Å². The molecule has 1 rings (SSSR count). The lowest BCUT2D eigenvalue weighted by Gasteiger charge is -2.27. The molecule has 0 radical (unpaired) electrons. The molecule has 0 saturated heterocycles. The summed E-state index contributed by atoms with van der Waals surface area (Å²) in [5.41, 5.74) is -0.993. The van der Waals surface area contributed by atoms with Crippen molar-refractivity contribution in [3.63, 3.8) is 0 Å². The number of benzene rings is 1. The maximum Gasteiger partial charge on any atom is 0.319 e. The molecule has 0 bridgehead atoms. The van der Waals surface area contributed by atoms with Crippen molar-refractivity contribution < 1.29 is 14.3 Å². The minimum atomic E-state index is -0.993. The standard InChI is InChI=1S/C17H21ClN2O3S/c1-11(2)17(4,10-19)20-15(21)9-23-16(22)12(3)24-14-7-5-13(18)6-8-14/h5-8,11-12H,9H2,1-4H3,(H,20,21)/t12-,17+/m0/s1. The molecular weight excluding hydrogens is 348 g/mol. The molecule has 24 heavy (non-hydrogen) atoms. The highest BCUT2D eigenvalue weighted by Gasteiger charge is 2.30. The number of carbonyl (C=O) groups excluding carboxylic acids is 2. The Labute approximate surface area is 151 Å². The minimum absolute atomic E-state index is 0.0680. The van der Waals surface area contributed by atoms with Gasteiger partial charge in [-0.3, -0.25) is 9.59 Å². The molecular formula is C17H21ClN2O3S. The van der Waals surface area contributed by atoms with Gasteiger partial charge < -0.3 is 10.1 Å². The molecule has 1 amide bonds. The highest BCUT2D eigenvalue weighted by atomic mass is 35.5. The second kappa shape index (κ2) is 8.95. The van der Waals surface area contributed by atoms with Gasteiger partial charge in [0.15, 0.2) is 6.61 Å². The van der Waals surface area contributed by atoms with Crippen LogP contribution in [0.3, 0.4) is 0 Å². The molecule has 5 nitrogen and oxygen atoms in total. The van der Waals surface area contributed by atoms with E-state index in [1.54, 1.807) is 26.0 Å². The van der Waals surface area contributed by atoms with Crippen LogP contribution in [0.25, 0.3) is 0 Å². The Bertz CT molecular complexity index is 628. The van der Waals surface area contributed by atoms with E-state index in [-0.39, 0.29) is 5.92 Å². The number of halogens is 1. The predicted molar refractivity (Wildman–Crippen MR) is 94.7 cm³/mol. The summed E-state index contributed by atoms with van der Waals surface area (Å²) in [4.78, 5) is 24.7. The number of thioether (sulfide) groups is 1. The van der Waals surface area contributed by atoms with Crippen LogP contribution in [0.15, 0.2) is 29.2 Å². The molecule has 0 unspecified atom stereocenters. The molecule has 1 N–H and O–H groups in total. The third-order valence-corrected chi connectivity index (χ3v) is 4.93. The van der Waals surface area contributed by atoms with Gasteiger partial charge in [0.2, 0.25) is 0 Å². The van der Waals surface area contributed by atoms with Crippen molar-refractivity contribution in [2.24, 2.45) is 5.92 Å². The molecule has 0 aliphatic rings. The van der Waals surface area contributed by atoms with Crippen LogP contribution in [0, 0.1) is 17.2 Å². The maximum atomic E-state index is 12.0. The molecule has 0 aromatic heterocycles. The smallest absolute Gasteiger partial charge is 0.319 e. The first-order valence-corrected chi connectivity index (χ1v) is 8.75. The lowest BCUT2D eigenvalue weighted by atomic mass is 9.90. The number of nitriles is 1. The second-order valence-electron chi connectivity index (χ2n) is 5.84. The summed E-state index contributed by atoms with van der Waals surface area (Å²) in [6.07, 6.45) is 0. The van der Waals surface area contributed by atoms with Gasteiger partial charge in [-0.05, 0) is 44.0 Å². The van der Waals surface area contributed by atoms with Crippen LogP contribution in [0.4, 0.5) is 0 Å². The van der Waals surface area contributed by atoms with Gasteiger partial charge in [-0.1, -0.05) is 25.4 Å². The zero-order valence-corrected chi connectivity index (χ0v) is 15.7. The number of carbonyl (C=O) groups is 2. The summed E-state index contributed by atoms with van der Waals surface area (Å²) in [5, 5.41) is 11.9. The van der Waals surface area contributed by atoms with Gasteiger partial charge in [-0.25, -0.2) is 0 Å². The van der Waals surface area contributed by atoms with Crippen LogP contribution in [0.5, 0.6) is 0 Å². The Hall–Kier alpha value is -1.71. The Balaban J connectivity index is 2.49. The van der Waals surface area contributed by atoms with Gasteiger partial charge >= 0.3 is 5.97 Å². The van der Waals surface area contributed by atoms with Gasteiger partial charge in [-0.2, -0.15) is 5.26 Å². The Morgan fingerprint density at radius 2 is 1.92 bits per heavy atom. The van der Waals surface area contributed by atoms with Crippen molar-refractivity contribution in [1.29, 1.82) is 5.26 Å². The van der Waals surface area contributed by atoms with Crippen molar-refractivity contribution in [2.45, 2.75) is 43.4 Å². The number of nitrogens with zero attached hydrogens (tertiary/aromatic N) is 1. The highest BCUT2D eigenvalue weighted by molar-refractivity contribution is 8.00. The lowest BCUT2D eigenvalue weighted by molar-refractivity contribution is -0.148. The topological polar surface area (TPSA) is 79.2 Å². The van der Waals surface area contributed by atoms with Crippen LogP contribution in [0.2, 0.25) is 5.02 Å². The lowest BCUT2D eigenvalue weighted by Crippen LogP contribution is -2.50. The summed E-state index contributed by atoms with van der Waals surface area (Å²) in [6, 6.07) is 9.17. The molecule has 1 aromatic rings. The zero-order valence-electron chi connectivity index (χ0n) is 14.1. The van der Waals surface area contributed by atoms with E-state index in [4.69, 9.17) is 21.6 Å². The molecule has 0 saturated carbocycles. The van der Waals surface area contributed by atoms with E-state index in [9.17, 15) is 9.59 Å². The first-order valence-electron chi connectivity index (χ1n) is 7.49. The van der Waals surface area contributed by atoms with E-state index in [2.05, 4.69) is 11.4 Å². The molecule has 0 heterocycles. The molecule has 130 valence electrons. The van der Waals surface area contributed by atoms with Crippen LogP contribution in [0.1, 0.15) is 27.7 Å². The highest BCUT2D eigenvalue weighted by Crippen LogP contribution is 2.25. The first-order chi connectivity index (χ1) is 11.2. The zero-order chi connectivity index (χ0) is 18.3. The van der Waals surface area contributed by atoms with Gasteiger partial charge in [0.05, 0.1) is 6.07 Å². The maximum absolute atomic E-state index is 12.0. The van der Waals surface area contributed by atoms with Gasteiger partial charge in [0.25, 0.3) is 5.91 Å². The van der Waals surface area contributed by atoms with Crippen LogP contribution >= 0.6 is 23.4 Å². The third kappa shape index (κ3) is 6.06. The number of rotatable bonds is 7. The molecule has 0 spiro atoms. The number of hydrogen-bond acceptors (Lipinski definition) is 5. The molecule has 1 aromatic carbocycles.